The minimum Gasteiger partial charge on any atom is -0.380 e. The summed E-state index contributed by atoms with van der Waals surface area (Å²) in [6.07, 6.45) is 1.47. The van der Waals surface area contributed by atoms with Gasteiger partial charge in [0.05, 0.1) is 36.4 Å². The van der Waals surface area contributed by atoms with Crippen LogP contribution in [-0.2, 0) is 21.6 Å². The summed E-state index contributed by atoms with van der Waals surface area (Å²) < 4.78 is 35.4. The fraction of sp³-hybridized carbons (Fsp3) is 0.789. The summed E-state index contributed by atoms with van der Waals surface area (Å²) in [5.41, 5.74) is -1.97. The first-order valence-corrected chi connectivity index (χ1v) is 14.2. The van der Waals surface area contributed by atoms with Gasteiger partial charge in [0.1, 0.15) is 4.87 Å². The van der Waals surface area contributed by atoms with Crippen LogP contribution in [0.1, 0.15) is 24.9 Å². The fourth-order valence-electron chi connectivity index (χ4n) is 10.1. The van der Waals surface area contributed by atoms with Gasteiger partial charge < -0.3 is 4.74 Å². The van der Waals surface area contributed by atoms with Crippen LogP contribution in [0.5, 0.6) is 0 Å². The van der Waals surface area contributed by atoms with E-state index in [9.17, 15) is 18.0 Å². The van der Waals surface area contributed by atoms with E-state index in [2.05, 4.69) is 5.01 Å². The molecule has 182 valence electrons. The monoisotopic (exact) mass is 567 g/mol. The molecule has 0 amide bonds. The molecule has 15 heteroatoms. The highest BCUT2D eigenvalue weighted by Gasteiger charge is 2.97. The van der Waals surface area contributed by atoms with Crippen molar-refractivity contribution >= 4 is 56.2 Å². The Kier molecular flexibility index (Phi) is 3.07. The first kappa shape index (κ1) is 20.5. The number of nitrogens with zero attached hydrogens (tertiary/aromatic N) is 5. The number of rotatable bonds is 0. The molecule has 0 N–H and O–H groups in total. The normalized spacial score (nSPS) is 56.6. The first-order valence-electron chi connectivity index (χ1n) is 11.2. The molecular weight excluding hydrogens is 552 g/mol. The SMILES string of the molecule is Cn1c(=O)n2n(c1=O)[C@@H]1[C@@H]3[C@@H]4[C@H]2[C@]25COC[C@]12[C@H]1CC[C@@H]5N4N1[C@@]1(Cl)[C@]3(Cl)C(Cl)=C(Cl)S1(=O)=O. The highest BCUT2D eigenvalue weighted by molar-refractivity contribution is 8.00. The molecule has 11 rings (SSSR count). The Morgan fingerprint density at radius 3 is 2.24 bits per heavy atom. The Labute approximate surface area is 212 Å². The number of hydrazine groups is 1. The number of sulfone groups is 1. The number of halogens is 4. The number of aromatic nitrogens is 3. The molecule has 10 atom stereocenters. The Balaban J connectivity index is 1.52. The molecule has 1 spiro atoms. The highest BCUT2D eigenvalue weighted by atomic mass is 35.5. The predicted molar refractivity (Wildman–Crippen MR) is 120 cm³/mol. The molecule has 34 heavy (non-hydrogen) atoms. The Morgan fingerprint density at radius 1 is 0.971 bits per heavy atom. The van der Waals surface area contributed by atoms with Crippen LogP contribution in [0.2, 0.25) is 0 Å². The van der Waals surface area contributed by atoms with Gasteiger partial charge in [-0.25, -0.2) is 42.0 Å². The fourth-order valence-corrected chi connectivity index (χ4v) is 14.6. The van der Waals surface area contributed by atoms with E-state index < -0.39 is 63.6 Å². The van der Waals surface area contributed by atoms with E-state index in [0.717, 1.165) is 11.0 Å². The minimum atomic E-state index is -4.35. The maximum atomic E-state index is 13.8. The standard InChI is InChI=1S/C19H17Cl4N5O5S/c1-24-14(29)26-11-8-9-12(27(26)15(24)30)16-4-33-5-17(11,16)7-3-2-6(16)25(9)28(7)19(23)18(8,22)10(20)13(21)34(19,31)32/h6-9,11-12H,2-5H2,1H3/t6-,7+,8-,9+,11+,12-,16+,17-,18+,19-/m0/s1. The van der Waals surface area contributed by atoms with Crippen molar-refractivity contribution in [1.29, 1.82) is 0 Å². The third-order valence-electron chi connectivity index (χ3n) is 10.7. The maximum absolute atomic E-state index is 13.8. The van der Waals surface area contributed by atoms with Gasteiger partial charge in [0, 0.05) is 35.9 Å². The quantitative estimate of drug-likeness (QED) is 0.332. The smallest absolute Gasteiger partial charge is 0.347 e. The summed E-state index contributed by atoms with van der Waals surface area (Å²) in [4.78, 5) is 25.1. The lowest BCUT2D eigenvalue weighted by atomic mass is 9.43. The maximum Gasteiger partial charge on any atom is 0.347 e. The minimum absolute atomic E-state index is 0.108. The largest absolute Gasteiger partial charge is 0.380 e. The Hall–Kier alpha value is -0.530. The molecule has 7 bridgehead atoms. The number of hydrogen-bond acceptors (Lipinski definition) is 7. The summed E-state index contributed by atoms with van der Waals surface area (Å²) in [7, 11) is -2.89. The second-order valence-electron chi connectivity index (χ2n) is 11.0. The molecule has 10 nitrogen and oxygen atoms in total. The zero-order chi connectivity index (χ0) is 23.7. The molecule has 5 saturated heterocycles. The summed E-state index contributed by atoms with van der Waals surface area (Å²) >= 11 is 27.7. The summed E-state index contributed by atoms with van der Waals surface area (Å²) in [5.74, 6) is -0.686. The van der Waals surface area contributed by atoms with Crippen LogP contribution in [0, 0.1) is 16.7 Å². The van der Waals surface area contributed by atoms with E-state index in [1.807, 2.05) is 0 Å². The van der Waals surface area contributed by atoms with Gasteiger partial charge in [-0.15, -0.1) is 11.6 Å². The van der Waals surface area contributed by atoms with E-state index in [1.165, 1.54) is 11.7 Å². The molecule has 0 radical (unpaired) electrons. The van der Waals surface area contributed by atoms with Gasteiger partial charge in [-0.2, -0.15) is 0 Å². The van der Waals surface area contributed by atoms with Crippen LogP contribution in [0.25, 0.3) is 0 Å². The van der Waals surface area contributed by atoms with E-state index in [0.29, 0.717) is 19.6 Å². The zero-order valence-electron chi connectivity index (χ0n) is 17.5. The molecule has 2 saturated carbocycles. The van der Waals surface area contributed by atoms with E-state index in [4.69, 9.17) is 51.1 Å². The van der Waals surface area contributed by atoms with Gasteiger partial charge in [0.2, 0.25) is 14.2 Å². The molecule has 10 aliphatic rings. The lowest BCUT2D eigenvalue weighted by molar-refractivity contribution is -0.247. The van der Waals surface area contributed by atoms with Gasteiger partial charge in [0.15, 0.2) is 4.36 Å². The summed E-state index contributed by atoms with van der Waals surface area (Å²) in [5, 5.41) is 3.60. The summed E-state index contributed by atoms with van der Waals surface area (Å²) in [6.45, 7) is 0.757. The molecule has 1 aromatic heterocycles. The van der Waals surface area contributed by atoms with Gasteiger partial charge in [0.25, 0.3) is 0 Å². The lowest BCUT2D eigenvalue weighted by Gasteiger charge is -2.67. The third-order valence-corrected chi connectivity index (χ3v) is 16.2. The van der Waals surface area contributed by atoms with Crippen molar-refractivity contribution in [3.8, 4) is 0 Å². The third kappa shape index (κ3) is 1.34. The van der Waals surface area contributed by atoms with Crippen molar-refractivity contribution in [2.75, 3.05) is 13.2 Å². The van der Waals surface area contributed by atoms with Crippen molar-refractivity contribution in [2.24, 2.45) is 23.8 Å². The van der Waals surface area contributed by atoms with Gasteiger partial charge in [-0.05, 0) is 12.8 Å². The number of hydrogen-bond donors (Lipinski definition) is 0. The average molecular weight is 569 g/mol. The molecular formula is C19H17Cl4N5O5S. The Bertz CT molecular complexity index is 1570. The molecule has 0 unspecified atom stereocenters. The highest BCUT2D eigenvalue weighted by Crippen LogP contribution is 2.87. The predicted octanol–water partition coefficient (Wildman–Crippen LogP) is 0.482. The van der Waals surface area contributed by atoms with Crippen molar-refractivity contribution in [1.82, 2.24) is 23.9 Å². The van der Waals surface area contributed by atoms with Crippen LogP contribution < -0.4 is 11.4 Å². The molecule has 8 aliphatic heterocycles. The Morgan fingerprint density at radius 2 is 1.56 bits per heavy atom. The molecule has 2 aliphatic carbocycles. The van der Waals surface area contributed by atoms with E-state index in [1.54, 1.807) is 9.69 Å². The second-order valence-corrected chi connectivity index (χ2v) is 15.3. The van der Waals surface area contributed by atoms with Crippen molar-refractivity contribution < 1.29 is 13.2 Å². The number of ether oxygens (including phenoxy) is 1. The van der Waals surface area contributed by atoms with Gasteiger partial charge in [-0.1, -0.05) is 34.8 Å². The zero-order valence-corrected chi connectivity index (χ0v) is 21.3. The molecule has 1 aromatic rings. The van der Waals surface area contributed by atoms with E-state index >= 15 is 0 Å². The number of alkyl halides is 2. The second kappa shape index (κ2) is 5.09. The van der Waals surface area contributed by atoms with Crippen LogP contribution in [0.15, 0.2) is 19.0 Å². The van der Waals surface area contributed by atoms with Crippen molar-refractivity contribution in [3.05, 3.63) is 30.4 Å². The van der Waals surface area contributed by atoms with Crippen molar-refractivity contribution in [2.45, 2.75) is 52.3 Å². The van der Waals surface area contributed by atoms with Gasteiger partial charge in [-0.3, -0.25) is 0 Å². The topological polar surface area (TPSA) is 98.8 Å². The first-order chi connectivity index (χ1) is 16.0. The number of fused-ring (bicyclic) bond motifs is 2. The van der Waals surface area contributed by atoms with Crippen LogP contribution in [0.3, 0.4) is 0 Å². The lowest BCUT2D eigenvalue weighted by Crippen LogP contribution is -2.80. The van der Waals surface area contributed by atoms with Crippen molar-refractivity contribution in [3.63, 3.8) is 0 Å². The van der Waals surface area contributed by atoms with Crippen LogP contribution in [0.4, 0.5) is 0 Å². The van der Waals surface area contributed by atoms with Crippen LogP contribution in [-0.4, -0.2) is 72.9 Å². The molecule has 0 aromatic carbocycles. The average Bonchev–Trinajstić information content (AvgIpc) is 3.43. The summed E-state index contributed by atoms with van der Waals surface area (Å²) in [6, 6.07) is -1.95. The molecule has 9 heterocycles. The van der Waals surface area contributed by atoms with Gasteiger partial charge >= 0.3 is 11.4 Å². The van der Waals surface area contributed by atoms with Crippen LogP contribution >= 0.6 is 46.4 Å². The van der Waals surface area contributed by atoms with E-state index in [-0.39, 0.29) is 23.2 Å². The molecule has 7 fully saturated rings.